The summed E-state index contributed by atoms with van der Waals surface area (Å²) in [6, 6.07) is -0.117. The summed E-state index contributed by atoms with van der Waals surface area (Å²) in [4.78, 5) is 0. The highest BCUT2D eigenvalue weighted by molar-refractivity contribution is 7.86. The molecule has 0 saturated heterocycles. The monoisotopic (exact) mass is 235 g/mol. The van der Waals surface area contributed by atoms with Gasteiger partial charge in [-0.3, -0.25) is 4.55 Å². The third-order valence-electron chi connectivity index (χ3n) is 2.70. The summed E-state index contributed by atoms with van der Waals surface area (Å²) < 4.78 is 31.5. The van der Waals surface area contributed by atoms with Gasteiger partial charge in [-0.25, -0.2) is 0 Å². The van der Waals surface area contributed by atoms with Gasteiger partial charge in [0.1, 0.15) is 5.25 Å². The molecule has 1 aliphatic rings. The van der Waals surface area contributed by atoms with E-state index in [4.69, 9.17) is 4.55 Å². The van der Waals surface area contributed by atoms with Crippen molar-refractivity contribution in [3.63, 3.8) is 0 Å². The van der Waals surface area contributed by atoms with Gasteiger partial charge in [0.05, 0.1) is 0 Å². The summed E-state index contributed by atoms with van der Waals surface area (Å²) >= 11 is 0. The molecule has 1 saturated carbocycles. The van der Waals surface area contributed by atoms with Gasteiger partial charge in [-0.05, 0) is 33.6 Å². The topological polar surface area (TPSA) is 66.4 Å². The van der Waals surface area contributed by atoms with Gasteiger partial charge in [-0.1, -0.05) is 12.8 Å². The second-order valence-corrected chi connectivity index (χ2v) is 6.97. The first-order valence-corrected chi connectivity index (χ1v) is 6.94. The first-order valence-electron chi connectivity index (χ1n) is 5.44. The Morgan fingerprint density at radius 3 is 2.20 bits per heavy atom. The van der Waals surface area contributed by atoms with Crippen LogP contribution in [0.3, 0.4) is 0 Å². The fraction of sp³-hybridized carbons (Fsp3) is 1.00. The van der Waals surface area contributed by atoms with Crippen LogP contribution in [0.5, 0.6) is 0 Å². The highest BCUT2D eigenvalue weighted by atomic mass is 32.2. The molecule has 2 N–H and O–H groups in total. The number of nitrogens with one attached hydrogen (secondary N) is 1. The van der Waals surface area contributed by atoms with E-state index < -0.39 is 15.4 Å². The highest BCUT2D eigenvalue weighted by Crippen LogP contribution is 2.25. The van der Waals surface area contributed by atoms with Crippen molar-refractivity contribution < 1.29 is 13.0 Å². The molecule has 0 aromatic carbocycles. The van der Waals surface area contributed by atoms with Crippen LogP contribution in [0, 0.1) is 0 Å². The lowest BCUT2D eigenvalue weighted by molar-refractivity contribution is 0.288. The van der Waals surface area contributed by atoms with Gasteiger partial charge in [0, 0.05) is 11.6 Å². The Bertz CT molecular complexity index is 305. The molecule has 0 aliphatic heterocycles. The van der Waals surface area contributed by atoms with Gasteiger partial charge < -0.3 is 5.32 Å². The average molecular weight is 235 g/mol. The molecule has 1 fully saturated rings. The van der Waals surface area contributed by atoms with E-state index in [-0.39, 0.29) is 11.6 Å². The highest BCUT2D eigenvalue weighted by Gasteiger charge is 2.35. The van der Waals surface area contributed by atoms with Crippen molar-refractivity contribution in [2.45, 2.75) is 63.3 Å². The van der Waals surface area contributed by atoms with Crippen LogP contribution in [0.1, 0.15) is 46.5 Å². The normalized spacial score (nSPS) is 29.1. The predicted octanol–water partition coefficient (Wildman–Crippen LogP) is 1.57. The molecule has 0 aromatic rings. The number of hydrogen-bond acceptors (Lipinski definition) is 3. The number of hydrogen-bond donors (Lipinski definition) is 2. The molecule has 1 aliphatic carbocycles. The molecule has 0 bridgehead atoms. The summed E-state index contributed by atoms with van der Waals surface area (Å²) in [7, 11) is -3.91. The summed E-state index contributed by atoms with van der Waals surface area (Å²) in [5.74, 6) is 0. The van der Waals surface area contributed by atoms with Crippen molar-refractivity contribution in [3.05, 3.63) is 0 Å². The fourth-order valence-electron chi connectivity index (χ4n) is 2.17. The molecule has 2 atom stereocenters. The second kappa shape index (κ2) is 4.39. The molecular formula is C10H21NO3S. The lowest BCUT2D eigenvalue weighted by Gasteiger charge is -2.35. The maximum atomic E-state index is 11.2. The van der Waals surface area contributed by atoms with Crippen LogP contribution in [0.25, 0.3) is 0 Å². The third kappa shape index (κ3) is 4.09. The molecular weight excluding hydrogens is 214 g/mol. The molecule has 0 spiro atoms. The summed E-state index contributed by atoms with van der Waals surface area (Å²) in [5, 5.41) is 2.64. The second-order valence-electron chi connectivity index (χ2n) is 5.34. The minimum absolute atomic E-state index is 0.117. The van der Waals surface area contributed by atoms with Crippen molar-refractivity contribution >= 4 is 10.1 Å². The van der Waals surface area contributed by atoms with Gasteiger partial charge in [0.25, 0.3) is 10.1 Å². The van der Waals surface area contributed by atoms with Crippen LogP contribution in [0.15, 0.2) is 0 Å². The van der Waals surface area contributed by atoms with Crippen LogP contribution >= 0.6 is 0 Å². The third-order valence-corrected chi connectivity index (χ3v) is 4.03. The molecule has 0 aromatic heterocycles. The van der Waals surface area contributed by atoms with Gasteiger partial charge in [0.2, 0.25) is 0 Å². The van der Waals surface area contributed by atoms with E-state index in [1.54, 1.807) is 0 Å². The van der Waals surface area contributed by atoms with Crippen LogP contribution in [-0.4, -0.2) is 29.8 Å². The Balaban J connectivity index is 2.75. The first-order chi connectivity index (χ1) is 6.70. The van der Waals surface area contributed by atoms with Crippen LogP contribution in [0.2, 0.25) is 0 Å². The van der Waals surface area contributed by atoms with Crippen molar-refractivity contribution in [2.24, 2.45) is 0 Å². The lowest BCUT2D eigenvalue weighted by atomic mass is 9.92. The molecule has 0 heterocycles. The van der Waals surface area contributed by atoms with E-state index in [1.165, 1.54) is 0 Å². The maximum Gasteiger partial charge on any atom is 0.269 e. The molecule has 0 amide bonds. The van der Waals surface area contributed by atoms with Gasteiger partial charge in [-0.15, -0.1) is 0 Å². The molecule has 5 heteroatoms. The predicted molar refractivity (Wildman–Crippen MR) is 60.5 cm³/mol. The maximum absolute atomic E-state index is 11.2. The SMILES string of the molecule is CC(C)(C)NC1CCCCC1S(=O)(=O)O. The molecule has 90 valence electrons. The molecule has 0 radical (unpaired) electrons. The Morgan fingerprint density at radius 1 is 1.20 bits per heavy atom. The van der Waals surface area contributed by atoms with Gasteiger partial charge in [0.15, 0.2) is 0 Å². The zero-order chi connectivity index (χ0) is 11.7. The van der Waals surface area contributed by atoms with Crippen LogP contribution in [0.4, 0.5) is 0 Å². The summed E-state index contributed by atoms with van der Waals surface area (Å²) in [5.41, 5.74) is -0.120. The van der Waals surface area contributed by atoms with E-state index in [0.29, 0.717) is 6.42 Å². The first kappa shape index (κ1) is 12.9. The van der Waals surface area contributed by atoms with Crippen LogP contribution in [-0.2, 0) is 10.1 Å². The molecule has 2 unspecified atom stereocenters. The largest absolute Gasteiger partial charge is 0.308 e. The summed E-state index contributed by atoms with van der Waals surface area (Å²) in [6.07, 6.45) is 3.29. The minimum atomic E-state index is -3.91. The standard InChI is InChI=1S/C10H21NO3S/c1-10(2,3)11-8-6-4-5-7-9(8)15(12,13)14/h8-9,11H,4-7H2,1-3H3,(H,12,13,14). The van der Waals surface area contributed by atoms with Gasteiger partial charge >= 0.3 is 0 Å². The van der Waals surface area contributed by atoms with E-state index in [9.17, 15) is 8.42 Å². The van der Waals surface area contributed by atoms with E-state index in [2.05, 4.69) is 5.32 Å². The van der Waals surface area contributed by atoms with Crippen molar-refractivity contribution in [1.82, 2.24) is 5.32 Å². The Kier molecular flexibility index (Phi) is 3.79. The number of rotatable bonds is 2. The Labute approximate surface area is 92.2 Å². The molecule has 15 heavy (non-hydrogen) atoms. The molecule has 4 nitrogen and oxygen atoms in total. The fourth-order valence-corrected chi connectivity index (χ4v) is 3.26. The quantitative estimate of drug-likeness (QED) is 0.713. The zero-order valence-corrected chi connectivity index (χ0v) is 10.5. The van der Waals surface area contributed by atoms with Crippen molar-refractivity contribution in [2.75, 3.05) is 0 Å². The van der Waals surface area contributed by atoms with E-state index >= 15 is 0 Å². The summed E-state index contributed by atoms with van der Waals surface area (Å²) in [6.45, 7) is 6.01. The van der Waals surface area contributed by atoms with E-state index in [1.807, 2.05) is 20.8 Å². The Hall–Kier alpha value is -0.130. The lowest BCUT2D eigenvalue weighted by Crippen LogP contribution is -2.52. The molecule has 1 rings (SSSR count). The van der Waals surface area contributed by atoms with E-state index in [0.717, 1.165) is 19.3 Å². The average Bonchev–Trinajstić information content (AvgIpc) is 1.99. The smallest absolute Gasteiger partial charge is 0.269 e. The van der Waals surface area contributed by atoms with Crippen molar-refractivity contribution in [1.29, 1.82) is 0 Å². The van der Waals surface area contributed by atoms with Crippen molar-refractivity contribution in [3.8, 4) is 0 Å². The zero-order valence-electron chi connectivity index (χ0n) is 9.66. The Morgan fingerprint density at radius 2 is 1.73 bits per heavy atom. The minimum Gasteiger partial charge on any atom is -0.308 e. The van der Waals surface area contributed by atoms with Gasteiger partial charge in [-0.2, -0.15) is 8.42 Å². The van der Waals surface area contributed by atoms with Crippen LogP contribution < -0.4 is 5.32 Å².